The van der Waals surface area contributed by atoms with Crippen molar-refractivity contribution in [3.05, 3.63) is 46.4 Å². The highest BCUT2D eigenvalue weighted by Gasteiger charge is 2.11. The Kier molecular flexibility index (Phi) is 3.64. The lowest BCUT2D eigenvalue weighted by Crippen LogP contribution is -2.02. The first-order chi connectivity index (χ1) is 8.06. The van der Waals surface area contributed by atoms with E-state index in [1.807, 2.05) is 0 Å². The second kappa shape index (κ2) is 5.02. The zero-order chi connectivity index (χ0) is 12.4. The summed E-state index contributed by atoms with van der Waals surface area (Å²) in [5.41, 5.74) is 0.413. The van der Waals surface area contributed by atoms with Crippen LogP contribution >= 0.6 is 15.9 Å². The topological polar surface area (TPSA) is 33.4 Å². The third-order valence-electron chi connectivity index (χ3n) is 2.35. The van der Waals surface area contributed by atoms with Gasteiger partial charge < -0.3 is 9.52 Å². The molecule has 2 rings (SSSR count). The van der Waals surface area contributed by atoms with Crippen LogP contribution in [0.2, 0.25) is 0 Å². The molecular weight excluding hydrogens is 287 g/mol. The van der Waals surface area contributed by atoms with Gasteiger partial charge in [0.1, 0.15) is 17.3 Å². The third kappa shape index (κ3) is 2.96. The molecule has 17 heavy (non-hydrogen) atoms. The molecule has 1 heterocycles. The molecule has 0 radical (unpaired) electrons. The highest BCUT2D eigenvalue weighted by Crippen LogP contribution is 2.28. The van der Waals surface area contributed by atoms with Crippen molar-refractivity contribution in [2.75, 3.05) is 0 Å². The molecule has 0 saturated carbocycles. The van der Waals surface area contributed by atoms with Gasteiger partial charge in [0.15, 0.2) is 0 Å². The van der Waals surface area contributed by atoms with Crippen molar-refractivity contribution in [2.45, 2.75) is 19.4 Å². The number of rotatable bonds is 3. The largest absolute Gasteiger partial charge is 0.461 e. The quantitative estimate of drug-likeness (QED) is 0.936. The van der Waals surface area contributed by atoms with Crippen LogP contribution in [0.3, 0.4) is 0 Å². The molecule has 0 aliphatic carbocycles. The molecular formula is C13H12BrFO2. The number of aliphatic hydroxyl groups excluding tert-OH is 1. The van der Waals surface area contributed by atoms with Gasteiger partial charge in [-0.15, -0.1) is 0 Å². The summed E-state index contributed by atoms with van der Waals surface area (Å²) in [4.78, 5) is 0. The molecule has 1 unspecified atom stereocenters. The van der Waals surface area contributed by atoms with Gasteiger partial charge >= 0.3 is 0 Å². The van der Waals surface area contributed by atoms with Crippen molar-refractivity contribution in [1.29, 1.82) is 0 Å². The first-order valence-electron chi connectivity index (χ1n) is 5.28. The van der Waals surface area contributed by atoms with Crippen LogP contribution < -0.4 is 0 Å². The Balaban J connectivity index is 2.33. The van der Waals surface area contributed by atoms with Crippen LogP contribution in [-0.2, 0) is 6.42 Å². The van der Waals surface area contributed by atoms with Gasteiger partial charge in [-0.2, -0.15) is 0 Å². The van der Waals surface area contributed by atoms with Gasteiger partial charge in [-0.05, 0) is 37.3 Å². The van der Waals surface area contributed by atoms with Crippen LogP contribution in [0.15, 0.2) is 39.2 Å². The summed E-state index contributed by atoms with van der Waals surface area (Å²) in [6.07, 6.45) is -0.0448. The highest BCUT2D eigenvalue weighted by atomic mass is 79.9. The summed E-state index contributed by atoms with van der Waals surface area (Å²) in [6.45, 7) is 1.68. The molecule has 0 amide bonds. The van der Waals surface area contributed by atoms with E-state index in [9.17, 15) is 9.50 Å². The van der Waals surface area contributed by atoms with Crippen LogP contribution in [-0.4, -0.2) is 11.2 Å². The Bertz CT molecular complexity index is 520. The van der Waals surface area contributed by atoms with E-state index in [0.29, 0.717) is 23.5 Å². The van der Waals surface area contributed by atoms with Crippen LogP contribution in [0.25, 0.3) is 11.3 Å². The maximum Gasteiger partial charge on any atom is 0.137 e. The van der Waals surface area contributed by atoms with E-state index < -0.39 is 6.10 Å². The second-order valence-electron chi connectivity index (χ2n) is 3.94. The molecule has 4 heteroatoms. The van der Waals surface area contributed by atoms with Gasteiger partial charge in [0.05, 0.1) is 11.7 Å². The SMILES string of the molecule is CC(O)Cc1ccc(-c2cc(Br)ccc2F)o1. The van der Waals surface area contributed by atoms with E-state index in [-0.39, 0.29) is 5.82 Å². The fourth-order valence-electron chi connectivity index (χ4n) is 1.61. The standard InChI is InChI=1S/C13H12BrFO2/c1-8(16)6-10-3-5-13(17-10)11-7-9(14)2-4-12(11)15/h2-5,7-8,16H,6H2,1H3. The lowest BCUT2D eigenvalue weighted by Gasteiger charge is -2.02. The Morgan fingerprint density at radius 2 is 2.12 bits per heavy atom. The van der Waals surface area contributed by atoms with Crippen molar-refractivity contribution < 1.29 is 13.9 Å². The maximum absolute atomic E-state index is 13.6. The first kappa shape index (κ1) is 12.3. The second-order valence-corrected chi connectivity index (χ2v) is 4.86. The van der Waals surface area contributed by atoms with Gasteiger partial charge in [0.2, 0.25) is 0 Å². The number of hydrogen-bond acceptors (Lipinski definition) is 2. The first-order valence-corrected chi connectivity index (χ1v) is 6.08. The number of benzene rings is 1. The Morgan fingerprint density at radius 1 is 1.35 bits per heavy atom. The Hall–Kier alpha value is -1.13. The smallest absolute Gasteiger partial charge is 0.137 e. The van der Waals surface area contributed by atoms with Gasteiger partial charge in [0.25, 0.3) is 0 Å². The molecule has 1 N–H and O–H groups in total. The number of furan rings is 1. The minimum Gasteiger partial charge on any atom is -0.461 e. The normalized spacial score (nSPS) is 12.7. The summed E-state index contributed by atoms with van der Waals surface area (Å²) in [6, 6.07) is 8.15. The molecule has 0 saturated heterocycles. The van der Waals surface area contributed by atoms with Gasteiger partial charge in [-0.1, -0.05) is 15.9 Å². The number of hydrogen-bond donors (Lipinski definition) is 1. The zero-order valence-corrected chi connectivity index (χ0v) is 10.9. The van der Waals surface area contributed by atoms with Crippen LogP contribution in [0.1, 0.15) is 12.7 Å². The Labute approximate surface area is 107 Å². The molecule has 2 aromatic rings. The van der Waals surface area contributed by atoms with E-state index in [4.69, 9.17) is 4.42 Å². The average molecular weight is 299 g/mol. The van der Waals surface area contributed by atoms with Crippen molar-refractivity contribution in [3.63, 3.8) is 0 Å². The van der Waals surface area contributed by atoms with E-state index in [1.165, 1.54) is 6.07 Å². The molecule has 1 aromatic heterocycles. The lowest BCUT2D eigenvalue weighted by atomic mass is 10.1. The number of aliphatic hydroxyl groups is 1. The van der Waals surface area contributed by atoms with Crippen molar-refractivity contribution in [2.24, 2.45) is 0 Å². The summed E-state index contributed by atoms with van der Waals surface area (Å²) in [5.74, 6) is 0.792. The van der Waals surface area contributed by atoms with Crippen LogP contribution in [0.4, 0.5) is 4.39 Å². The monoisotopic (exact) mass is 298 g/mol. The van der Waals surface area contributed by atoms with Gasteiger partial charge in [0, 0.05) is 10.9 Å². The van der Waals surface area contributed by atoms with E-state index >= 15 is 0 Å². The Morgan fingerprint density at radius 3 is 2.82 bits per heavy atom. The minimum atomic E-state index is -0.471. The highest BCUT2D eigenvalue weighted by molar-refractivity contribution is 9.10. The number of halogens is 2. The lowest BCUT2D eigenvalue weighted by molar-refractivity contribution is 0.187. The molecule has 0 fully saturated rings. The molecule has 0 spiro atoms. The van der Waals surface area contributed by atoms with Crippen molar-refractivity contribution >= 4 is 15.9 Å². The molecule has 1 aromatic carbocycles. The summed E-state index contributed by atoms with van der Waals surface area (Å²) >= 11 is 3.29. The zero-order valence-electron chi connectivity index (χ0n) is 9.28. The van der Waals surface area contributed by atoms with Crippen LogP contribution in [0.5, 0.6) is 0 Å². The molecule has 1 atom stereocenters. The van der Waals surface area contributed by atoms with Gasteiger partial charge in [-0.25, -0.2) is 4.39 Å². The van der Waals surface area contributed by atoms with E-state index in [0.717, 1.165) is 4.47 Å². The van der Waals surface area contributed by atoms with Crippen molar-refractivity contribution in [1.82, 2.24) is 0 Å². The summed E-state index contributed by atoms with van der Waals surface area (Å²) < 4.78 is 19.9. The van der Waals surface area contributed by atoms with Crippen molar-refractivity contribution in [3.8, 4) is 11.3 Å². The summed E-state index contributed by atoms with van der Waals surface area (Å²) in [5, 5.41) is 9.24. The molecule has 0 aliphatic rings. The molecule has 2 nitrogen and oxygen atoms in total. The molecule has 0 bridgehead atoms. The predicted octanol–water partition coefficient (Wildman–Crippen LogP) is 3.77. The maximum atomic E-state index is 13.6. The molecule has 0 aliphatic heterocycles. The summed E-state index contributed by atoms with van der Waals surface area (Å²) in [7, 11) is 0. The fraction of sp³-hybridized carbons (Fsp3) is 0.231. The van der Waals surface area contributed by atoms with Gasteiger partial charge in [-0.3, -0.25) is 0 Å². The third-order valence-corrected chi connectivity index (χ3v) is 2.85. The molecule has 90 valence electrons. The average Bonchev–Trinajstić information content (AvgIpc) is 2.69. The predicted molar refractivity (Wildman–Crippen MR) is 67.2 cm³/mol. The van der Waals surface area contributed by atoms with E-state index in [2.05, 4.69) is 15.9 Å². The minimum absolute atomic E-state index is 0.328. The van der Waals surface area contributed by atoms with Crippen LogP contribution in [0, 0.1) is 5.82 Å². The fourth-order valence-corrected chi connectivity index (χ4v) is 1.97. The van der Waals surface area contributed by atoms with E-state index in [1.54, 1.807) is 31.2 Å².